The molecule has 0 spiro atoms. The highest BCUT2D eigenvalue weighted by molar-refractivity contribution is 9.10. The smallest absolute Gasteiger partial charge is 0.186 e. The molecule has 2 N–H and O–H groups in total. The average Bonchev–Trinajstić information content (AvgIpc) is 2.85. The fourth-order valence-electron chi connectivity index (χ4n) is 1.38. The molecule has 4 nitrogen and oxygen atoms in total. The number of halogens is 1. The largest absolute Gasteiger partial charge is 0.317 e. The average molecular weight is 300 g/mol. The maximum Gasteiger partial charge on any atom is 0.186 e. The Morgan fingerprint density at radius 1 is 1.62 bits per heavy atom. The van der Waals surface area contributed by atoms with E-state index in [-0.39, 0.29) is 5.78 Å². The zero-order valence-electron chi connectivity index (χ0n) is 8.55. The summed E-state index contributed by atoms with van der Waals surface area (Å²) >= 11 is 4.79. The summed E-state index contributed by atoms with van der Waals surface area (Å²) in [6, 6.07) is -0.653. The molecular formula is C10H10BrN3OS. The van der Waals surface area contributed by atoms with E-state index in [1.54, 1.807) is 29.5 Å². The van der Waals surface area contributed by atoms with Crippen molar-refractivity contribution in [2.45, 2.75) is 6.04 Å². The van der Waals surface area contributed by atoms with Crippen LogP contribution in [0.25, 0.3) is 0 Å². The van der Waals surface area contributed by atoms with Crippen molar-refractivity contribution in [3.63, 3.8) is 0 Å². The van der Waals surface area contributed by atoms with Crippen molar-refractivity contribution in [2.75, 3.05) is 0 Å². The van der Waals surface area contributed by atoms with Gasteiger partial charge in [0.2, 0.25) is 0 Å². The van der Waals surface area contributed by atoms with Crippen molar-refractivity contribution in [3.8, 4) is 0 Å². The van der Waals surface area contributed by atoms with Crippen LogP contribution in [-0.4, -0.2) is 15.6 Å². The maximum absolute atomic E-state index is 12.1. The highest BCUT2D eigenvalue weighted by Crippen LogP contribution is 2.25. The molecule has 0 bridgehead atoms. The van der Waals surface area contributed by atoms with Crippen LogP contribution in [0.4, 0.5) is 0 Å². The number of hydrogen-bond donors (Lipinski definition) is 1. The first kappa shape index (κ1) is 11.5. The van der Waals surface area contributed by atoms with Gasteiger partial charge in [0.05, 0.1) is 12.2 Å². The topological polar surface area (TPSA) is 60.9 Å². The van der Waals surface area contributed by atoms with Crippen LogP contribution in [-0.2, 0) is 7.05 Å². The van der Waals surface area contributed by atoms with Gasteiger partial charge in [-0.15, -0.1) is 0 Å². The van der Waals surface area contributed by atoms with E-state index in [0.717, 1.165) is 10.0 Å². The van der Waals surface area contributed by atoms with Crippen molar-refractivity contribution in [1.29, 1.82) is 0 Å². The molecule has 2 heterocycles. The van der Waals surface area contributed by atoms with Crippen LogP contribution in [0.2, 0.25) is 0 Å². The Morgan fingerprint density at radius 3 is 2.88 bits per heavy atom. The van der Waals surface area contributed by atoms with Crippen molar-refractivity contribution in [1.82, 2.24) is 9.78 Å². The lowest BCUT2D eigenvalue weighted by atomic mass is 10.0. The van der Waals surface area contributed by atoms with E-state index in [2.05, 4.69) is 21.0 Å². The number of hydrogen-bond acceptors (Lipinski definition) is 4. The van der Waals surface area contributed by atoms with Gasteiger partial charge in [0.1, 0.15) is 0 Å². The van der Waals surface area contributed by atoms with Gasteiger partial charge in [0.25, 0.3) is 0 Å². The highest BCUT2D eigenvalue weighted by atomic mass is 79.9. The maximum atomic E-state index is 12.1. The fraction of sp³-hybridized carbons (Fsp3) is 0.200. The second-order valence-corrected chi connectivity index (χ2v) is 5.02. The van der Waals surface area contributed by atoms with E-state index in [0.29, 0.717) is 5.56 Å². The Bertz CT molecular complexity index is 520. The zero-order chi connectivity index (χ0) is 11.7. The van der Waals surface area contributed by atoms with E-state index in [9.17, 15) is 4.79 Å². The molecule has 0 saturated carbocycles. The molecule has 0 saturated heterocycles. The SMILES string of the molecule is Cn1cc(C(N)C(=O)c2cscc2Br)cn1. The van der Waals surface area contributed by atoms with Crippen molar-refractivity contribution in [2.24, 2.45) is 12.8 Å². The number of Topliss-reactive ketones (excluding diaryl/α,β-unsaturated/α-hetero) is 1. The second kappa shape index (κ2) is 4.48. The molecule has 0 aromatic carbocycles. The minimum absolute atomic E-state index is 0.0962. The second-order valence-electron chi connectivity index (χ2n) is 3.42. The number of aromatic nitrogens is 2. The first-order chi connectivity index (χ1) is 7.59. The summed E-state index contributed by atoms with van der Waals surface area (Å²) in [5.41, 5.74) is 7.25. The van der Waals surface area contributed by atoms with Gasteiger partial charge in [0.15, 0.2) is 5.78 Å². The predicted octanol–water partition coefficient (Wildman–Crippen LogP) is 2.13. The number of ketones is 1. The van der Waals surface area contributed by atoms with Crippen molar-refractivity contribution in [3.05, 3.63) is 38.8 Å². The molecule has 0 radical (unpaired) electrons. The van der Waals surface area contributed by atoms with E-state index in [4.69, 9.17) is 5.73 Å². The Labute approximate surface area is 105 Å². The monoisotopic (exact) mass is 299 g/mol. The minimum atomic E-state index is -0.653. The molecule has 16 heavy (non-hydrogen) atoms. The number of nitrogens with zero attached hydrogens (tertiary/aromatic N) is 2. The van der Waals surface area contributed by atoms with E-state index >= 15 is 0 Å². The normalized spacial score (nSPS) is 12.7. The van der Waals surface area contributed by atoms with E-state index in [1.807, 2.05) is 5.38 Å². The molecule has 2 rings (SSSR count). The van der Waals surface area contributed by atoms with Gasteiger partial charge in [-0.05, 0) is 15.9 Å². The van der Waals surface area contributed by atoms with Crippen LogP contribution in [0.3, 0.4) is 0 Å². The lowest BCUT2D eigenvalue weighted by Gasteiger charge is -2.07. The lowest BCUT2D eigenvalue weighted by molar-refractivity contribution is 0.0961. The first-order valence-corrected chi connectivity index (χ1v) is 6.33. The summed E-state index contributed by atoms with van der Waals surface area (Å²) in [4.78, 5) is 12.1. The molecule has 0 aliphatic rings. The molecule has 84 valence electrons. The predicted molar refractivity (Wildman–Crippen MR) is 66.5 cm³/mol. The molecule has 1 unspecified atom stereocenters. The lowest BCUT2D eigenvalue weighted by Crippen LogP contribution is -2.21. The van der Waals surface area contributed by atoms with Gasteiger partial charge in [-0.2, -0.15) is 16.4 Å². The summed E-state index contributed by atoms with van der Waals surface area (Å²) in [7, 11) is 1.79. The molecule has 0 aliphatic heterocycles. The summed E-state index contributed by atoms with van der Waals surface area (Å²) in [6.45, 7) is 0. The van der Waals surface area contributed by atoms with Crippen LogP contribution in [0.1, 0.15) is 22.0 Å². The van der Waals surface area contributed by atoms with Gasteiger partial charge < -0.3 is 5.73 Å². The van der Waals surface area contributed by atoms with Crippen LogP contribution in [0.5, 0.6) is 0 Å². The third kappa shape index (κ3) is 2.09. The number of nitrogens with two attached hydrogens (primary N) is 1. The minimum Gasteiger partial charge on any atom is -0.317 e. The van der Waals surface area contributed by atoms with Gasteiger partial charge in [-0.1, -0.05) is 0 Å². The Morgan fingerprint density at radius 2 is 2.38 bits per heavy atom. The molecule has 0 fully saturated rings. The van der Waals surface area contributed by atoms with Crippen LogP contribution in [0, 0.1) is 0 Å². The summed E-state index contributed by atoms with van der Waals surface area (Å²) in [6.07, 6.45) is 3.37. The Hall–Kier alpha value is -0.980. The molecule has 0 amide bonds. The number of thiophene rings is 1. The van der Waals surface area contributed by atoms with Gasteiger partial charge in [-0.3, -0.25) is 9.48 Å². The standard InChI is InChI=1S/C10H10BrN3OS/c1-14-3-6(2-13-14)9(12)10(15)7-4-16-5-8(7)11/h2-5,9H,12H2,1H3. The zero-order valence-corrected chi connectivity index (χ0v) is 11.0. The van der Waals surface area contributed by atoms with Gasteiger partial charge in [-0.25, -0.2) is 0 Å². The van der Waals surface area contributed by atoms with Crippen molar-refractivity contribution < 1.29 is 4.79 Å². The summed E-state index contributed by atoms with van der Waals surface area (Å²) in [5, 5.41) is 7.66. The number of rotatable bonds is 3. The molecule has 2 aromatic rings. The van der Waals surface area contributed by atoms with Crippen LogP contribution < -0.4 is 5.73 Å². The third-order valence-electron chi connectivity index (χ3n) is 2.25. The summed E-state index contributed by atoms with van der Waals surface area (Å²) in [5.74, 6) is -0.0962. The summed E-state index contributed by atoms with van der Waals surface area (Å²) < 4.78 is 2.42. The number of aryl methyl sites for hydroxylation is 1. The number of carbonyl (C=O) groups excluding carboxylic acids is 1. The molecule has 2 aromatic heterocycles. The van der Waals surface area contributed by atoms with Crippen LogP contribution >= 0.6 is 27.3 Å². The molecular weight excluding hydrogens is 290 g/mol. The first-order valence-electron chi connectivity index (χ1n) is 4.59. The van der Waals surface area contributed by atoms with Gasteiger partial charge >= 0.3 is 0 Å². The molecule has 0 aliphatic carbocycles. The number of carbonyl (C=O) groups is 1. The van der Waals surface area contributed by atoms with Gasteiger partial charge in [0, 0.05) is 39.6 Å². The Kier molecular flexibility index (Phi) is 3.22. The fourth-order valence-corrected chi connectivity index (χ4v) is 2.86. The quantitative estimate of drug-likeness (QED) is 0.883. The Balaban J connectivity index is 2.26. The van der Waals surface area contributed by atoms with E-state index in [1.165, 1.54) is 11.3 Å². The van der Waals surface area contributed by atoms with Crippen molar-refractivity contribution >= 4 is 33.0 Å². The van der Waals surface area contributed by atoms with Crippen LogP contribution in [0.15, 0.2) is 27.6 Å². The molecule has 1 atom stereocenters. The third-order valence-corrected chi connectivity index (χ3v) is 3.95. The highest BCUT2D eigenvalue weighted by Gasteiger charge is 2.21. The molecule has 6 heteroatoms. The van der Waals surface area contributed by atoms with E-state index < -0.39 is 6.04 Å².